The fourth-order valence-corrected chi connectivity index (χ4v) is 1.47. The maximum absolute atomic E-state index is 5.84. The average Bonchev–Trinajstić information content (AvgIpc) is 2.08. The van der Waals surface area contributed by atoms with Crippen molar-refractivity contribution in [3.05, 3.63) is 34.4 Å². The summed E-state index contributed by atoms with van der Waals surface area (Å²) in [4.78, 5) is 4.11. The normalized spacial score (nSPS) is 10.6. The molecule has 1 heterocycles. The fourth-order valence-electron chi connectivity index (χ4n) is 1.14. The molecule has 1 aromatic carbocycles. The number of rotatable bonds is 0. The molecule has 4 heteroatoms. The van der Waals surface area contributed by atoms with Crippen LogP contribution < -0.4 is 5.73 Å². The summed E-state index contributed by atoms with van der Waals surface area (Å²) in [6, 6.07) is 5.28. The Hall–Kier alpha value is -0.990. The highest BCUT2D eigenvalue weighted by atomic mass is 35.5. The lowest BCUT2D eigenvalue weighted by atomic mass is 10.2. The highest BCUT2D eigenvalue weighted by Crippen LogP contribution is 2.27. The highest BCUT2D eigenvalue weighted by Gasteiger charge is 2.01. The van der Waals surface area contributed by atoms with Crippen molar-refractivity contribution in [3.63, 3.8) is 0 Å². The minimum atomic E-state index is 0.506. The maximum Gasteiger partial charge on any atom is 0.0719 e. The first kappa shape index (κ1) is 8.60. The van der Waals surface area contributed by atoms with Crippen LogP contribution in [0, 0.1) is 0 Å². The van der Waals surface area contributed by atoms with Gasteiger partial charge in [0, 0.05) is 5.39 Å². The molecule has 0 aliphatic carbocycles. The maximum atomic E-state index is 5.84. The summed E-state index contributed by atoms with van der Waals surface area (Å²) in [6.07, 6.45) is 1.59. The standard InChI is InChI=1S/C9H6Cl2N2/c10-7-2-5-1-6(12)4-13-9(5)3-8(7)11/h1-4H,12H2. The van der Waals surface area contributed by atoms with Crippen molar-refractivity contribution in [3.8, 4) is 0 Å². The molecule has 0 aliphatic heterocycles. The number of aromatic nitrogens is 1. The molecule has 2 N–H and O–H groups in total. The topological polar surface area (TPSA) is 38.9 Å². The van der Waals surface area contributed by atoms with Gasteiger partial charge in [-0.2, -0.15) is 0 Å². The highest BCUT2D eigenvalue weighted by molar-refractivity contribution is 6.42. The largest absolute Gasteiger partial charge is 0.397 e. The number of benzene rings is 1. The molecule has 13 heavy (non-hydrogen) atoms. The zero-order valence-corrected chi connectivity index (χ0v) is 8.10. The van der Waals surface area contributed by atoms with Crippen LogP contribution >= 0.6 is 23.2 Å². The van der Waals surface area contributed by atoms with Gasteiger partial charge in [-0.25, -0.2) is 0 Å². The second-order valence-electron chi connectivity index (χ2n) is 2.73. The molecule has 0 amide bonds. The van der Waals surface area contributed by atoms with Crippen LogP contribution in [0.5, 0.6) is 0 Å². The zero-order valence-electron chi connectivity index (χ0n) is 6.59. The van der Waals surface area contributed by atoms with E-state index in [0.29, 0.717) is 15.7 Å². The molecule has 0 fully saturated rings. The number of hydrogen-bond acceptors (Lipinski definition) is 2. The second-order valence-corrected chi connectivity index (χ2v) is 3.54. The molecular formula is C9H6Cl2N2. The van der Waals surface area contributed by atoms with Crippen molar-refractivity contribution in [1.82, 2.24) is 4.98 Å². The van der Waals surface area contributed by atoms with E-state index in [-0.39, 0.29) is 0 Å². The molecule has 0 radical (unpaired) electrons. The number of nitrogen functional groups attached to an aromatic ring is 1. The number of halogens is 2. The molecule has 0 bridgehead atoms. The number of fused-ring (bicyclic) bond motifs is 1. The molecule has 0 saturated heterocycles. The second kappa shape index (κ2) is 3.05. The van der Waals surface area contributed by atoms with E-state index in [9.17, 15) is 0 Å². The third-order valence-corrected chi connectivity index (χ3v) is 2.47. The molecule has 2 nitrogen and oxygen atoms in total. The van der Waals surface area contributed by atoms with Gasteiger partial charge in [0.2, 0.25) is 0 Å². The van der Waals surface area contributed by atoms with Crippen LogP contribution in [0.2, 0.25) is 10.0 Å². The Bertz CT molecular complexity index is 468. The average molecular weight is 213 g/mol. The summed E-state index contributed by atoms with van der Waals surface area (Å²) in [5.74, 6) is 0. The van der Waals surface area contributed by atoms with Crippen molar-refractivity contribution in [2.75, 3.05) is 5.73 Å². The van der Waals surface area contributed by atoms with Gasteiger partial charge in [0.15, 0.2) is 0 Å². The Balaban J connectivity index is 2.81. The molecule has 0 unspecified atom stereocenters. The van der Waals surface area contributed by atoms with E-state index in [1.54, 1.807) is 18.3 Å². The van der Waals surface area contributed by atoms with Gasteiger partial charge in [-0.3, -0.25) is 4.98 Å². The van der Waals surface area contributed by atoms with Crippen molar-refractivity contribution in [2.24, 2.45) is 0 Å². The first-order valence-electron chi connectivity index (χ1n) is 3.67. The van der Waals surface area contributed by atoms with E-state index < -0.39 is 0 Å². The van der Waals surface area contributed by atoms with E-state index in [1.165, 1.54) is 0 Å². The lowest BCUT2D eigenvalue weighted by Gasteiger charge is -2.00. The third-order valence-electron chi connectivity index (χ3n) is 1.74. The summed E-state index contributed by atoms with van der Waals surface area (Å²) in [7, 11) is 0. The molecule has 2 rings (SSSR count). The number of nitrogens with zero attached hydrogens (tertiary/aromatic N) is 1. The molecule has 1 aromatic heterocycles. The quantitative estimate of drug-likeness (QED) is 0.730. The van der Waals surface area contributed by atoms with E-state index in [1.807, 2.05) is 6.07 Å². The van der Waals surface area contributed by atoms with Gasteiger partial charge in [-0.05, 0) is 18.2 Å². The van der Waals surface area contributed by atoms with Crippen LogP contribution in [0.3, 0.4) is 0 Å². The van der Waals surface area contributed by atoms with Crippen LogP contribution in [0.15, 0.2) is 24.4 Å². The predicted molar refractivity (Wildman–Crippen MR) is 56.2 cm³/mol. The van der Waals surface area contributed by atoms with E-state index >= 15 is 0 Å². The van der Waals surface area contributed by atoms with Gasteiger partial charge in [0.25, 0.3) is 0 Å². The Morgan fingerprint density at radius 1 is 1.08 bits per heavy atom. The SMILES string of the molecule is Nc1cnc2cc(Cl)c(Cl)cc2c1. The smallest absolute Gasteiger partial charge is 0.0719 e. The van der Waals surface area contributed by atoms with Crippen molar-refractivity contribution in [2.45, 2.75) is 0 Å². The first-order valence-corrected chi connectivity index (χ1v) is 4.43. The Kier molecular flexibility index (Phi) is 2.02. The summed E-state index contributed by atoms with van der Waals surface area (Å²) < 4.78 is 0. The number of hydrogen-bond donors (Lipinski definition) is 1. The monoisotopic (exact) mass is 212 g/mol. The first-order chi connectivity index (χ1) is 6.16. The molecule has 66 valence electrons. The molecule has 0 atom stereocenters. The Morgan fingerprint density at radius 2 is 1.77 bits per heavy atom. The van der Waals surface area contributed by atoms with Gasteiger partial charge < -0.3 is 5.73 Å². The molecule has 0 spiro atoms. The van der Waals surface area contributed by atoms with Gasteiger partial charge in [-0.15, -0.1) is 0 Å². The summed E-state index contributed by atoms with van der Waals surface area (Å²) in [6.45, 7) is 0. The Labute approximate surface area is 85.3 Å². The molecule has 0 aliphatic rings. The van der Waals surface area contributed by atoms with Crippen LogP contribution in [0.4, 0.5) is 5.69 Å². The lowest BCUT2D eigenvalue weighted by molar-refractivity contribution is 1.41. The predicted octanol–water partition coefficient (Wildman–Crippen LogP) is 3.12. The lowest BCUT2D eigenvalue weighted by Crippen LogP contribution is -1.87. The number of nitrogens with two attached hydrogens (primary N) is 1. The van der Waals surface area contributed by atoms with Crippen LogP contribution in [-0.2, 0) is 0 Å². The minimum Gasteiger partial charge on any atom is -0.397 e. The van der Waals surface area contributed by atoms with E-state index in [4.69, 9.17) is 28.9 Å². The molecule has 0 saturated carbocycles. The van der Waals surface area contributed by atoms with Crippen LogP contribution in [-0.4, -0.2) is 4.98 Å². The third kappa shape index (κ3) is 1.55. The van der Waals surface area contributed by atoms with Gasteiger partial charge in [0.1, 0.15) is 0 Å². The molecular weight excluding hydrogens is 207 g/mol. The van der Waals surface area contributed by atoms with Gasteiger partial charge in [0.05, 0.1) is 27.4 Å². The summed E-state index contributed by atoms with van der Waals surface area (Å²) in [5.41, 5.74) is 6.98. The fraction of sp³-hybridized carbons (Fsp3) is 0. The number of pyridine rings is 1. The van der Waals surface area contributed by atoms with Crippen molar-refractivity contribution < 1.29 is 0 Å². The van der Waals surface area contributed by atoms with Gasteiger partial charge >= 0.3 is 0 Å². The summed E-state index contributed by atoms with van der Waals surface area (Å²) in [5, 5.41) is 1.92. The van der Waals surface area contributed by atoms with Gasteiger partial charge in [-0.1, -0.05) is 23.2 Å². The zero-order chi connectivity index (χ0) is 9.42. The number of anilines is 1. The van der Waals surface area contributed by atoms with Crippen LogP contribution in [0.25, 0.3) is 10.9 Å². The van der Waals surface area contributed by atoms with Crippen molar-refractivity contribution >= 4 is 39.8 Å². The van der Waals surface area contributed by atoms with Crippen LogP contribution in [0.1, 0.15) is 0 Å². The van der Waals surface area contributed by atoms with E-state index in [0.717, 1.165) is 10.9 Å². The Morgan fingerprint density at radius 3 is 2.54 bits per heavy atom. The summed E-state index contributed by atoms with van der Waals surface area (Å²) >= 11 is 11.7. The molecule has 2 aromatic rings. The minimum absolute atomic E-state index is 0.506. The van der Waals surface area contributed by atoms with E-state index in [2.05, 4.69) is 4.98 Å². The van der Waals surface area contributed by atoms with Crippen molar-refractivity contribution in [1.29, 1.82) is 0 Å².